The van der Waals surface area contributed by atoms with E-state index in [0.29, 0.717) is 12.8 Å². The average molecular weight is 531 g/mol. The van der Waals surface area contributed by atoms with Gasteiger partial charge in [0.15, 0.2) is 6.23 Å². The quantitative estimate of drug-likeness (QED) is 0.398. The molecule has 2 fully saturated rings. The van der Waals surface area contributed by atoms with Crippen LogP contribution in [0.4, 0.5) is 18.0 Å². The Kier molecular flexibility index (Phi) is 7.62. The number of amides is 1. The Hall–Kier alpha value is -3.03. The summed E-state index contributed by atoms with van der Waals surface area (Å²) in [4.78, 5) is 11.7. The maximum absolute atomic E-state index is 13.5. The van der Waals surface area contributed by atoms with Crippen LogP contribution in [0.25, 0.3) is 0 Å². The molecule has 196 valence electrons. The van der Waals surface area contributed by atoms with E-state index in [4.69, 9.17) is 14.7 Å². The lowest BCUT2D eigenvalue weighted by Gasteiger charge is -2.45. The molecule has 0 radical (unpaired) electrons. The SMILES string of the molecule is O=C(NO)OC1C2CCCCC2CCN1S(=O)(=O)c1ccc(Oc2ccc(OC(F)(F)F)cc2)cc1. The van der Waals surface area contributed by atoms with E-state index in [9.17, 15) is 26.4 Å². The summed E-state index contributed by atoms with van der Waals surface area (Å²) >= 11 is 0. The highest BCUT2D eigenvalue weighted by Gasteiger charge is 2.46. The molecule has 0 aromatic heterocycles. The van der Waals surface area contributed by atoms with Gasteiger partial charge < -0.3 is 14.2 Å². The van der Waals surface area contributed by atoms with E-state index < -0.39 is 34.5 Å². The Morgan fingerprint density at radius 2 is 1.53 bits per heavy atom. The molecule has 2 aromatic rings. The van der Waals surface area contributed by atoms with Crippen LogP contribution < -0.4 is 15.0 Å². The Morgan fingerprint density at radius 3 is 2.14 bits per heavy atom. The number of carbonyl (C=O) groups excluding carboxylic acids is 1. The number of fused-ring (bicyclic) bond motifs is 1. The second-order valence-corrected chi connectivity index (χ2v) is 10.5. The number of sulfonamides is 1. The molecule has 3 unspecified atom stereocenters. The summed E-state index contributed by atoms with van der Waals surface area (Å²) in [5, 5.41) is 8.92. The van der Waals surface area contributed by atoms with Gasteiger partial charge in [0.1, 0.15) is 17.2 Å². The van der Waals surface area contributed by atoms with Crippen molar-refractivity contribution in [2.24, 2.45) is 11.8 Å². The zero-order chi connectivity index (χ0) is 25.9. The van der Waals surface area contributed by atoms with E-state index in [1.165, 1.54) is 41.9 Å². The molecule has 0 spiro atoms. The van der Waals surface area contributed by atoms with Crippen LogP contribution in [0.2, 0.25) is 0 Å². The molecule has 2 aliphatic rings. The normalized spacial score (nSPS) is 22.8. The number of ether oxygens (including phenoxy) is 3. The van der Waals surface area contributed by atoms with Gasteiger partial charge in [0, 0.05) is 12.5 Å². The Bertz CT molecular complexity index is 1160. The molecular weight excluding hydrogens is 505 g/mol. The van der Waals surface area contributed by atoms with Gasteiger partial charge in [-0.2, -0.15) is 4.31 Å². The van der Waals surface area contributed by atoms with E-state index in [0.717, 1.165) is 35.7 Å². The van der Waals surface area contributed by atoms with Crippen molar-refractivity contribution >= 4 is 16.1 Å². The third-order valence-electron chi connectivity index (χ3n) is 6.38. The predicted molar refractivity (Wildman–Crippen MR) is 119 cm³/mol. The van der Waals surface area contributed by atoms with Gasteiger partial charge in [-0.25, -0.2) is 18.7 Å². The first-order valence-electron chi connectivity index (χ1n) is 11.3. The molecule has 1 saturated heterocycles. The minimum atomic E-state index is -4.80. The summed E-state index contributed by atoms with van der Waals surface area (Å²) in [6.45, 7) is 0.164. The Balaban J connectivity index is 1.49. The first kappa shape index (κ1) is 26.0. The van der Waals surface area contributed by atoms with Crippen LogP contribution in [0.3, 0.4) is 0 Å². The predicted octanol–water partition coefficient (Wildman–Crippen LogP) is 5.02. The minimum absolute atomic E-state index is 0.0453. The lowest BCUT2D eigenvalue weighted by molar-refractivity contribution is -0.274. The zero-order valence-electron chi connectivity index (χ0n) is 19.0. The molecule has 4 rings (SSSR count). The summed E-state index contributed by atoms with van der Waals surface area (Å²) in [6, 6.07) is 10.3. The lowest BCUT2D eigenvalue weighted by atomic mass is 9.74. The van der Waals surface area contributed by atoms with Gasteiger partial charge in [-0.15, -0.1) is 13.2 Å². The molecule has 2 aromatic carbocycles. The fourth-order valence-corrected chi connectivity index (χ4v) is 6.37. The van der Waals surface area contributed by atoms with Gasteiger partial charge in [0.25, 0.3) is 0 Å². The number of nitrogens with one attached hydrogen (secondary N) is 1. The highest BCUT2D eigenvalue weighted by molar-refractivity contribution is 7.89. The van der Waals surface area contributed by atoms with Crippen molar-refractivity contribution in [1.29, 1.82) is 0 Å². The first-order valence-corrected chi connectivity index (χ1v) is 12.8. The average Bonchev–Trinajstić information content (AvgIpc) is 2.84. The smallest absolute Gasteiger partial charge is 0.457 e. The van der Waals surface area contributed by atoms with E-state index in [1.54, 1.807) is 0 Å². The van der Waals surface area contributed by atoms with Crippen LogP contribution >= 0.6 is 0 Å². The van der Waals surface area contributed by atoms with Crippen LogP contribution in [-0.4, -0.2) is 43.2 Å². The van der Waals surface area contributed by atoms with Crippen LogP contribution in [-0.2, 0) is 14.8 Å². The zero-order valence-corrected chi connectivity index (χ0v) is 19.8. The summed E-state index contributed by atoms with van der Waals surface area (Å²) in [5.41, 5.74) is 1.40. The third kappa shape index (κ3) is 6.02. The molecule has 13 heteroatoms. The van der Waals surface area contributed by atoms with E-state index in [-0.39, 0.29) is 34.8 Å². The molecule has 1 aliphatic carbocycles. The fourth-order valence-electron chi connectivity index (χ4n) is 4.80. The number of hydrogen-bond acceptors (Lipinski definition) is 7. The number of nitrogens with zero attached hydrogens (tertiary/aromatic N) is 1. The largest absolute Gasteiger partial charge is 0.573 e. The number of benzene rings is 2. The van der Waals surface area contributed by atoms with Crippen molar-refractivity contribution in [2.75, 3.05) is 6.54 Å². The van der Waals surface area contributed by atoms with Gasteiger partial charge in [-0.05, 0) is 73.7 Å². The number of halogens is 3. The molecular formula is C23H25F3N2O7S. The van der Waals surface area contributed by atoms with Crippen molar-refractivity contribution in [3.8, 4) is 17.2 Å². The van der Waals surface area contributed by atoms with Crippen molar-refractivity contribution in [2.45, 2.75) is 49.6 Å². The molecule has 3 atom stereocenters. The maximum Gasteiger partial charge on any atom is 0.573 e. The minimum Gasteiger partial charge on any atom is -0.457 e. The van der Waals surface area contributed by atoms with Gasteiger partial charge in [-0.3, -0.25) is 5.21 Å². The summed E-state index contributed by atoms with van der Waals surface area (Å²) in [5.74, 6) is 0.140. The van der Waals surface area contributed by atoms with Gasteiger partial charge >= 0.3 is 12.5 Å². The lowest BCUT2D eigenvalue weighted by Crippen LogP contribution is -2.54. The van der Waals surface area contributed by atoms with Gasteiger partial charge in [0.05, 0.1) is 4.90 Å². The summed E-state index contributed by atoms with van der Waals surface area (Å²) < 4.78 is 79.7. The number of carbonyl (C=O) groups is 1. The number of piperidine rings is 1. The van der Waals surface area contributed by atoms with Crippen molar-refractivity contribution in [3.63, 3.8) is 0 Å². The summed E-state index contributed by atoms with van der Waals surface area (Å²) in [6.07, 6.45) is -2.77. The molecule has 1 aliphatic heterocycles. The summed E-state index contributed by atoms with van der Waals surface area (Å²) in [7, 11) is -4.06. The molecule has 1 saturated carbocycles. The van der Waals surface area contributed by atoms with Crippen molar-refractivity contribution < 1.29 is 45.8 Å². The van der Waals surface area contributed by atoms with Crippen LogP contribution in [0, 0.1) is 11.8 Å². The monoisotopic (exact) mass is 530 g/mol. The highest BCUT2D eigenvalue weighted by Crippen LogP contribution is 2.42. The van der Waals surface area contributed by atoms with Crippen LogP contribution in [0.15, 0.2) is 53.4 Å². The van der Waals surface area contributed by atoms with E-state index in [1.807, 2.05) is 0 Å². The molecule has 1 heterocycles. The van der Waals surface area contributed by atoms with Gasteiger partial charge in [-0.1, -0.05) is 12.8 Å². The second kappa shape index (κ2) is 10.5. The number of hydroxylamine groups is 1. The Labute approximate surface area is 205 Å². The fraction of sp³-hybridized carbons (Fsp3) is 0.435. The highest BCUT2D eigenvalue weighted by atomic mass is 32.2. The second-order valence-electron chi connectivity index (χ2n) is 8.61. The third-order valence-corrected chi connectivity index (χ3v) is 8.26. The van der Waals surface area contributed by atoms with Crippen molar-refractivity contribution in [1.82, 2.24) is 9.79 Å². The molecule has 2 N–H and O–H groups in total. The molecule has 1 amide bonds. The van der Waals surface area contributed by atoms with Gasteiger partial charge in [0.2, 0.25) is 10.0 Å². The number of alkyl halides is 3. The maximum atomic E-state index is 13.5. The van der Waals surface area contributed by atoms with Crippen LogP contribution in [0.1, 0.15) is 32.1 Å². The number of hydrogen-bond donors (Lipinski definition) is 2. The molecule has 0 bridgehead atoms. The standard InChI is InChI=1S/C23H25F3N2O7S/c24-23(25,26)35-18-7-5-16(6-8-18)33-17-9-11-19(12-10-17)36(31,32)28-14-13-15-3-1-2-4-20(15)21(28)34-22(29)27-30/h5-12,15,20-21,30H,1-4,13-14H2,(H,27,29). The Morgan fingerprint density at radius 1 is 0.944 bits per heavy atom. The van der Waals surface area contributed by atoms with E-state index >= 15 is 0 Å². The molecule has 36 heavy (non-hydrogen) atoms. The van der Waals surface area contributed by atoms with E-state index in [2.05, 4.69) is 4.74 Å². The number of rotatable bonds is 6. The van der Waals surface area contributed by atoms with Crippen LogP contribution in [0.5, 0.6) is 17.2 Å². The van der Waals surface area contributed by atoms with Crippen molar-refractivity contribution in [3.05, 3.63) is 48.5 Å². The topological polar surface area (TPSA) is 114 Å². The molecule has 9 nitrogen and oxygen atoms in total. The first-order chi connectivity index (χ1) is 17.1.